The largest absolute Gasteiger partial charge is 0.476 e. The molecule has 0 aliphatic carbocycles. The molecule has 1 rings (SSSR count). The molecule has 0 aliphatic rings. The van der Waals surface area contributed by atoms with Crippen LogP contribution in [0.15, 0.2) is 5.16 Å². The van der Waals surface area contributed by atoms with Crippen LogP contribution in [0.3, 0.4) is 0 Å². The van der Waals surface area contributed by atoms with Crippen molar-refractivity contribution in [2.24, 2.45) is 5.16 Å². The van der Waals surface area contributed by atoms with Crippen LogP contribution in [0.5, 0.6) is 0 Å². The lowest BCUT2D eigenvalue weighted by atomic mass is 10.3. The molecule has 10 heteroatoms. The molecule has 1 aromatic rings. The second-order valence-electron chi connectivity index (χ2n) is 2.29. The van der Waals surface area contributed by atoms with E-state index in [0.29, 0.717) is 0 Å². The van der Waals surface area contributed by atoms with Crippen LogP contribution in [0.25, 0.3) is 0 Å². The van der Waals surface area contributed by atoms with Gasteiger partial charge in [0.25, 0.3) is 0 Å². The molecule has 6 nitrogen and oxygen atoms in total. The highest BCUT2D eigenvalue weighted by atomic mass is 35.5. The number of hydrogen-bond donors (Lipinski definition) is 2. The lowest BCUT2D eigenvalue weighted by molar-refractivity contribution is -0.134. The van der Waals surface area contributed by atoms with Crippen molar-refractivity contribution in [1.82, 2.24) is 4.98 Å². The maximum absolute atomic E-state index is 11.7. The number of nitrogens with two attached hydrogens (primary N) is 1. The van der Waals surface area contributed by atoms with Gasteiger partial charge >= 0.3 is 12.6 Å². The third-order valence-corrected chi connectivity index (χ3v) is 2.34. The molecule has 0 saturated carbocycles. The maximum Gasteiger partial charge on any atom is 0.407 e. The predicted octanol–water partition coefficient (Wildman–Crippen LogP) is 1.41. The van der Waals surface area contributed by atoms with Crippen LogP contribution in [0.2, 0.25) is 4.34 Å². The van der Waals surface area contributed by atoms with Crippen molar-refractivity contribution in [3.05, 3.63) is 10.0 Å². The minimum atomic E-state index is -3.23. The fraction of sp³-hybridized carbons (Fsp3) is 0.167. The molecule has 0 unspecified atom stereocenters. The molecule has 88 valence electrons. The summed E-state index contributed by atoms with van der Waals surface area (Å²) in [5, 5.41) is 11.4. The lowest BCUT2D eigenvalue weighted by Crippen LogP contribution is -2.16. The Morgan fingerprint density at radius 3 is 2.69 bits per heavy atom. The van der Waals surface area contributed by atoms with Crippen molar-refractivity contribution in [3.63, 3.8) is 0 Å². The highest BCUT2D eigenvalue weighted by Crippen LogP contribution is 2.26. The number of rotatable bonds is 4. The molecule has 3 N–H and O–H groups in total. The van der Waals surface area contributed by atoms with Crippen LogP contribution < -0.4 is 5.73 Å². The van der Waals surface area contributed by atoms with E-state index in [0.717, 1.165) is 11.3 Å². The van der Waals surface area contributed by atoms with Crippen LogP contribution in [0.4, 0.5) is 13.9 Å². The standard InChI is InChI=1S/C6H4ClF2N3O3S/c7-3-1(11-6(10)16-3)2(4(13)14)12-15-5(8)9/h5H,(H2,10,11)(H,13,14). The van der Waals surface area contributed by atoms with E-state index in [1.54, 1.807) is 0 Å². The van der Waals surface area contributed by atoms with Gasteiger partial charge in [-0.1, -0.05) is 28.1 Å². The summed E-state index contributed by atoms with van der Waals surface area (Å²) in [6, 6.07) is 0. The number of carbonyl (C=O) groups is 1. The Balaban J connectivity index is 3.08. The summed E-state index contributed by atoms with van der Waals surface area (Å²) in [6.07, 6.45) is 0. The lowest BCUT2D eigenvalue weighted by Gasteiger charge is -1.98. The first-order valence-electron chi connectivity index (χ1n) is 3.59. The third-order valence-electron chi connectivity index (χ3n) is 1.25. The van der Waals surface area contributed by atoms with Gasteiger partial charge in [-0.15, -0.1) is 0 Å². The Morgan fingerprint density at radius 1 is 1.69 bits per heavy atom. The zero-order chi connectivity index (χ0) is 12.3. The van der Waals surface area contributed by atoms with Crippen molar-refractivity contribution >= 4 is 39.8 Å². The van der Waals surface area contributed by atoms with E-state index in [9.17, 15) is 13.6 Å². The van der Waals surface area contributed by atoms with Crippen LogP contribution in [-0.4, -0.2) is 28.4 Å². The summed E-state index contributed by atoms with van der Waals surface area (Å²) < 4.78 is 23.3. The number of aromatic nitrogens is 1. The molecule has 0 bridgehead atoms. The normalized spacial score (nSPS) is 11.9. The Bertz CT molecular complexity index is 437. The Hall–Kier alpha value is -1.48. The van der Waals surface area contributed by atoms with Gasteiger partial charge in [0, 0.05) is 0 Å². The number of halogens is 3. The van der Waals surface area contributed by atoms with Crippen LogP contribution in [0, 0.1) is 0 Å². The van der Waals surface area contributed by atoms with Gasteiger partial charge in [-0.25, -0.2) is 9.78 Å². The van der Waals surface area contributed by atoms with Gasteiger partial charge in [0.05, 0.1) is 0 Å². The van der Waals surface area contributed by atoms with Gasteiger partial charge in [0.2, 0.25) is 5.71 Å². The first-order valence-corrected chi connectivity index (χ1v) is 4.78. The van der Waals surface area contributed by atoms with Gasteiger partial charge in [-0.05, 0) is 0 Å². The highest BCUT2D eigenvalue weighted by Gasteiger charge is 2.22. The van der Waals surface area contributed by atoms with Crippen molar-refractivity contribution in [2.45, 2.75) is 6.61 Å². The third kappa shape index (κ3) is 3.00. The summed E-state index contributed by atoms with van der Waals surface area (Å²) in [5.41, 5.74) is 4.12. The number of carboxylic acid groups (broad SMARTS) is 1. The van der Waals surface area contributed by atoms with E-state index < -0.39 is 18.3 Å². The fourth-order valence-electron chi connectivity index (χ4n) is 0.739. The van der Waals surface area contributed by atoms with Crippen molar-refractivity contribution < 1.29 is 23.5 Å². The molecule has 0 amide bonds. The molecule has 0 spiro atoms. The average Bonchev–Trinajstić information content (AvgIpc) is 2.45. The van der Waals surface area contributed by atoms with E-state index >= 15 is 0 Å². The van der Waals surface area contributed by atoms with Crippen molar-refractivity contribution in [2.75, 3.05) is 5.73 Å². The van der Waals surface area contributed by atoms with Crippen molar-refractivity contribution in [1.29, 1.82) is 0 Å². The average molecular weight is 272 g/mol. The van der Waals surface area contributed by atoms with Gasteiger partial charge < -0.3 is 15.7 Å². The minimum Gasteiger partial charge on any atom is -0.476 e. The van der Waals surface area contributed by atoms with Crippen LogP contribution in [-0.2, 0) is 9.63 Å². The number of anilines is 1. The van der Waals surface area contributed by atoms with E-state index in [1.165, 1.54) is 0 Å². The number of alkyl halides is 2. The second-order valence-corrected chi connectivity index (χ2v) is 3.92. The number of hydrogen-bond acceptors (Lipinski definition) is 6. The molecule has 0 atom stereocenters. The van der Waals surface area contributed by atoms with E-state index in [1.807, 2.05) is 0 Å². The second kappa shape index (κ2) is 5.03. The molecule has 1 aromatic heterocycles. The molecular formula is C6H4ClF2N3O3S. The monoisotopic (exact) mass is 271 g/mol. The Kier molecular flexibility index (Phi) is 3.96. The summed E-state index contributed by atoms with van der Waals surface area (Å²) in [7, 11) is 0. The molecule has 0 aliphatic heterocycles. The number of oxime groups is 1. The molecule has 0 radical (unpaired) electrons. The number of carboxylic acids is 1. The quantitative estimate of drug-likeness (QED) is 0.637. The smallest absolute Gasteiger partial charge is 0.407 e. The number of nitrogens with zero attached hydrogens (tertiary/aromatic N) is 2. The Morgan fingerprint density at radius 2 is 2.31 bits per heavy atom. The Labute approximate surface area is 96.3 Å². The van der Waals surface area contributed by atoms with Gasteiger partial charge in [-0.2, -0.15) is 8.78 Å². The number of nitrogen functional groups attached to an aromatic ring is 1. The summed E-state index contributed by atoms with van der Waals surface area (Å²) in [6.45, 7) is -3.23. The molecule has 0 aromatic carbocycles. The molecule has 1 heterocycles. The molecule has 0 saturated heterocycles. The van der Waals surface area contributed by atoms with E-state index in [2.05, 4.69) is 15.0 Å². The summed E-state index contributed by atoms with van der Waals surface area (Å²) >= 11 is 6.38. The van der Waals surface area contributed by atoms with Gasteiger partial charge in [-0.3, -0.25) is 0 Å². The number of aliphatic carboxylic acids is 1. The summed E-state index contributed by atoms with van der Waals surface area (Å²) in [4.78, 5) is 17.7. The van der Waals surface area contributed by atoms with E-state index in [4.69, 9.17) is 22.4 Å². The van der Waals surface area contributed by atoms with Crippen LogP contribution in [0.1, 0.15) is 5.69 Å². The van der Waals surface area contributed by atoms with Crippen molar-refractivity contribution in [3.8, 4) is 0 Å². The van der Waals surface area contributed by atoms with Crippen LogP contribution >= 0.6 is 22.9 Å². The summed E-state index contributed by atoms with van der Waals surface area (Å²) in [5.74, 6) is -1.60. The highest BCUT2D eigenvalue weighted by molar-refractivity contribution is 7.19. The SMILES string of the molecule is Nc1nc(C(=NOC(F)F)C(=O)O)c(Cl)s1. The zero-order valence-corrected chi connectivity index (χ0v) is 8.93. The minimum absolute atomic E-state index is 0.00834. The van der Waals surface area contributed by atoms with E-state index in [-0.39, 0.29) is 15.2 Å². The fourth-order valence-corrected chi connectivity index (χ4v) is 1.67. The number of thiazole rings is 1. The topological polar surface area (TPSA) is 97.8 Å². The maximum atomic E-state index is 11.7. The molecular weight excluding hydrogens is 268 g/mol. The first-order chi connectivity index (χ1) is 7.41. The van der Waals surface area contributed by atoms with Gasteiger partial charge in [0.1, 0.15) is 10.0 Å². The molecule has 0 fully saturated rings. The first kappa shape index (κ1) is 12.6. The molecule has 16 heavy (non-hydrogen) atoms. The predicted molar refractivity (Wildman–Crippen MR) is 52.8 cm³/mol. The van der Waals surface area contributed by atoms with Gasteiger partial charge in [0.15, 0.2) is 5.13 Å². The zero-order valence-electron chi connectivity index (χ0n) is 7.35.